The summed E-state index contributed by atoms with van der Waals surface area (Å²) >= 11 is 0. The molecule has 26 heavy (non-hydrogen) atoms. The molecule has 1 aliphatic rings. The van der Waals surface area contributed by atoms with Crippen LogP contribution in [0, 0.1) is 5.82 Å². The van der Waals surface area contributed by atoms with Crippen molar-refractivity contribution in [2.45, 2.75) is 24.3 Å². The van der Waals surface area contributed by atoms with Gasteiger partial charge in [-0.05, 0) is 55.5 Å². The van der Waals surface area contributed by atoms with Gasteiger partial charge in [0.2, 0.25) is 15.9 Å². The maximum atomic E-state index is 13.0. The molecule has 0 saturated carbocycles. The number of sulfonamides is 1. The van der Waals surface area contributed by atoms with E-state index in [-0.39, 0.29) is 23.8 Å². The second kappa shape index (κ2) is 7.43. The van der Waals surface area contributed by atoms with Gasteiger partial charge in [0.15, 0.2) is 0 Å². The molecule has 1 heterocycles. The normalized spacial score (nSPS) is 17.5. The van der Waals surface area contributed by atoms with Crippen molar-refractivity contribution in [3.05, 3.63) is 54.3 Å². The number of hydrogen-bond donors (Lipinski definition) is 1. The molecule has 0 aromatic heterocycles. The molecule has 8 heteroatoms. The zero-order chi connectivity index (χ0) is 18.7. The van der Waals surface area contributed by atoms with Crippen LogP contribution in [0.25, 0.3) is 0 Å². The Hall–Kier alpha value is -2.45. The number of ether oxygens (including phenoxy) is 1. The van der Waals surface area contributed by atoms with Gasteiger partial charge in [-0.1, -0.05) is 0 Å². The van der Waals surface area contributed by atoms with Crippen LogP contribution in [0.2, 0.25) is 0 Å². The van der Waals surface area contributed by atoms with Gasteiger partial charge in [0.25, 0.3) is 0 Å². The fourth-order valence-corrected chi connectivity index (χ4v) is 4.05. The minimum absolute atomic E-state index is 0.0362. The van der Waals surface area contributed by atoms with Crippen molar-refractivity contribution in [2.75, 3.05) is 18.1 Å². The predicted molar refractivity (Wildman–Crippen MR) is 95.1 cm³/mol. The van der Waals surface area contributed by atoms with E-state index in [2.05, 4.69) is 4.72 Å². The van der Waals surface area contributed by atoms with Crippen molar-refractivity contribution in [1.29, 1.82) is 0 Å². The van der Waals surface area contributed by atoms with E-state index in [4.69, 9.17) is 4.74 Å². The third-order valence-electron chi connectivity index (χ3n) is 4.03. The highest BCUT2D eigenvalue weighted by atomic mass is 32.2. The highest BCUT2D eigenvalue weighted by molar-refractivity contribution is 7.89. The average molecular weight is 378 g/mol. The quantitative estimate of drug-likeness (QED) is 0.837. The second-order valence-electron chi connectivity index (χ2n) is 5.91. The van der Waals surface area contributed by atoms with E-state index in [1.807, 2.05) is 6.92 Å². The van der Waals surface area contributed by atoms with E-state index in [0.29, 0.717) is 18.0 Å². The van der Waals surface area contributed by atoms with E-state index in [9.17, 15) is 17.6 Å². The van der Waals surface area contributed by atoms with Crippen LogP contribution in [0.5, 0.6) is 5.75 Å². The molecule has 138 valence electrons. The first-order chi connectivity index (χ1) is 12.4. The lowest BCUT2D eigenvalue weighted by Gasteiger charge is -2.18. The Bertz CT molecular complexity index is 882. The fraction of sp³-hybridized carbons (Fsp3) is 0.278. The van der Waals surface area contributed by atoms with E-state index in [0.717, 1.165) is 12.1 Å². The Labute approximate surface area is 151 Å². The van der Waals surface area contributed by atoms with Crippen LogP contribution in [0.3, 0.4) is 0 Å². The maximum Gasteiger partial charge on any atom is 0.240 e. The van der Waals surface area contributed by atoms with E-state index in [1.54, 1.807) is 24.3 Å². The Balaban J connectivity index is 1.70. The molecule has 3 rings (SSSR count). The first-order valence-corrected chi connectivity index (χ1v) is 9.68. The van der Waals surface area contributed by atoms with Gasteiger partial charge >= 0.3 is 0 Å². The summed E-state index contributed by atoms with van der Waals surface area (Å²) in [7, 11) is -3.82. The molecule has 1 fully saturated rings. The van der Waals surface area contributed by atoms with Crippen LogP contribution in [0.4, 0.5) is 10.1 Å². The third kappa shape index (κ3) is 4.03. The largest absolute Gasteiger partial charge is 0.494 e. The number of rotatable bonds is 6. The first kappa shape index (κ1) is 18.3. The Morgan fingerprint density at radius 2 is 1.81 bits per heavy atom. The van der Waals surface area contributed by atoms with Crippen molar-refractivity contribution >= 4 is 21.6 Å². The predicted octanol–water partition coefficient (Wildman–Crippen LogP) is 2.31. The monoisotopic (exact) mass is 378 g/mol. The molecule has 0 radical (unpaired) electrons. The summed E-state index contributed by atoms with van der Waals surface area (Å²) < 4.78 is 45.6. The summed E-state index contributed by atoms with van der Waals surface area (Å²) in [5.74, 6) is 0.0269. The molecule has 1 aliphatic heterocycles. The molecule has 1 saturated heterocycles. The molecule has 2 aromatic rings. The molecule has 0 aliphatic carbocycles. The molecule has 1 amide bonds. The number of anilines is 1. The molecule has 0 bridgehead atoms. The van der Waals surface area contributed by atoms with Crippen molar-refractivity contribution < 1.29 is 22.3 Å². The van der Waals surface area contributed by atoms with E-state index >= 15 is 0 Å². The summed E-state index contributed by atoms with van der Waals surface area (Å²) in [6, 6.07) is 11.1. The fourth-order valence-electron chi connectivity index (χ4n) is 2.83. The van der Waals surface area contributed by atoms with Gasteiger partial charge in [-0.2, -0.15) is 0 Å². The summed E-state index contributed by atoms with van der Waals surface area (Å²) in [6.07, 6.45) is 0.0631. The Kier molecular flexibility index (Phi) is 5.24. The number of carbonyl (C=O) groups excluding carboxylic acids is 1. The summed E-state index contributed by atoms with van der Waals surface area (Å²) in [5.41, 5.74) is 0.682. The first-order valence-electron chi connectivity index (χ1n) is 8.20. The van der Waals surface area contributed by atoms with Crippen molar-refractivity contribution in [1.82, 2.24) is 4.72 Å². The smallest absolute Gasteiger partial charge is 0.240 e. The number of halogens is 1. The third-order valence-corrected chi connectivity index (χ3v) is 5.57. The summed E-state index contributed by atoms with van der Waals surface area (Å²) in [6.45, 7) is 2.66. The van der Waals surface area contributed by atoms with Gasteiger partial charge in [0.1, 0.15) is 11.6 Å². The van der Waals surface area contributed by atoms with Gasteiger partial charge < -0.3 is 9.64 Å². The number of nitrogens with one attached hydrogen (secondary N) is 1. The molecular formula is C18H19FN2O4S. The number of carbonyl (C=O) groups is 1. The van der Waals surface area contributed by atoms with E-state index < -0.39 is 21.9 Å². The van der Waals surface area contributed by atoms with Gasteiger partial charge in [-0.25, -0.2) is 17.5 Å². The second-order valence-corrected chi connectivity index (χ2v) is 7.62. The van der Waals surface area contributed by atoms with Crippen molar-refractivity contribution in [2.24, 2.45) is 0 Å². The van der Waals surface area contributed by atoms with Crippen LogP contribution in [0.15, 0.2) is 53.4 Å². The van der Waals surface area contributed by atoms with Crippen LogP contribution in [-0.4, -0.2) is 33.5 Å². The molecular weight excluding hydrogens is 359 g/mol. The number of amides is 1. The van der Waals surface area contributed by atoms with Crippen LogP contribution in [-0.2, 0) is 14.8 Å². The number of benzene rings is 2. The zero-order valence-electron chi connectivity index (χ0n) is 14.2. The minimum atomic E-state index is -3.82. The standard InChI is InChI=1S/C18H19FN2O4S/c1-2-25-16-7-5-15(6-8-16)21-12-14(11-18(21)22)20-26(23,24)17-9-3-13(19)4-10-17/h3-10,14,20H,2,11-12H2,1H3/t14-/m1/s1. The van der Waals surface area contributed by atoms with Gasteiger partial charge in [-0.3, -0.25) is 4.79 Å². The summed E-state index contributed by atoms with van der Waals surface area (Å²) in [5, 5.41) is 0. The lowest BCUT2D eigenvalue weighted by Crippen LogP contribution is -2.37. The number of hydrogen-bond acceptors (Lipinski definition) is 4. The van der Waals surface area contributed by atoms with Gasteiger partial charge in [-0.15, -0.1) is 0 Å². The van der Waals surface area contributed by atoms with Crippen molar-refractivity contribution in [3.8, 4) is 5.75 Å². The van der Waals surface area contributed by atoms with Crippen LogP contribution < -0.4 is 14.4 Å². The lowest BCUT2D eigenvalue weighted by atomic mass is 10.3. The molecule has 1 N–H and O–H groups in total. The lowest BCUT2D eigenvalue weighted by molar-refractivity contribution is -0.117. The van der Waals surface area contributed by atoms with Crippen LogP contribution >= 0.6 is 0 Å². The molecule has 6 nitrogen and oxygen atoms in total. The van der Waals surface area contributed by atoms with Crippen molar-refractivity contribution in [3.63, 3.8) is 0 Å². The highest BCUT2D eigenvalue weighted by Gasteiger charge is 2.33. The van der Waals surface area contributed by atoms with E-state index in [1.165, 1.54) is 17.0 Å². The number of nitrogens with zero attached hydrogens (tertiary/aromatic N) is 1. The minimum Gasteiger partial charge on any atom is -0.494 e. The highest BCUT2D eigenvalue weighted by Crippen LogP contribution is 2.25. The summed E-state index contributed by atoms with van der Waals surface area (Å²) in [4.78, 5) is 13.8. The van der Waals surface area contributed by atoms with Gasteiger partial charge in [0, 0.05) is 24.7 Å². The molecule has 0 spiro atoms. The maximum absolute atomic E-state index is 13.0. The average Bonchev–Trinajstić information content (AvgIpc) is 2.96. The molecule has 2 aromatic carbocycles. The molecule has 0 unspecified atom stereocenters. The van der Waals surface area contributed by atoms with Gasteiger partial charge in [0.05, 0.1) is 11.5 Å². The Morgan fingerprint density at radius 3 is 2.42 bits per heavy atom. The topological polar surface area (TPSA) is 75.7 Å². The van der Waals surface area contributed by atoms with Crippen LogP contribution in [0.1, 0.15) is 13.3 Å². The Morgan fingerprint density at radius 1 is 1.15 bits per heavy atom. The SMILES string of the molecule is CCOc1ccc(N2C[C@H](NS(=O)(=O)c3ccc(F)cc3)CC2=O)cc1. The molecule has 1 atom stereocenters. The zero-order valence-corrected chi connectivity index (χ0v) is 15.0.